The predicted octanol–water partition coefficient (Wildman–Crippen LogP) is 7.50. The first kappa shape index (κ1) is 38.0. The Kier molecular flexibility index (Phi) is 40.2. The van der Waals surface area contributed by atoms with Crippen LogP contribution in [0.3, 0.4) is 0 Å². The molecule has 0 aliphatic carbocycles. The number of aldehydes is 1. The number of rotatable bonds is 23. The van der Waals surface area contributed by atoms with Gasteiger partial charge in [0.2, 0.25) is 0 Å². The fourth-order valence-corrected chi connectivity index (χ4v) is 3.52. The first-order valence-corrected chi connectivity index (χ1v) is 13.8. The topological polar surface area (TPSA) is 89.9 Å². The molecular weight excluding hydrogens is 444 g/mol. The van der Waals surface area contributed by atoms with Crippen LogP contribution < -0.4 is 0 Å². The number of Topliss-reactive ketones (excluding diaryl/α,β-unsaturated/α-hetero) is 1. The number of unbranched alkanes of at least 4 members (excludes halogenated alkanes) is 16. The monoisotopic (exact) mass is 500 g/mol. The van der Waals surface area contributed by atoms with Crippen LogP contribution in [0, 0.1) is 0 Å². The van der Waals surface area contributed by atoms with E-state index in [0.29, 0.717) is 18.0 Å². The zero-order valence-corrected chi connectivity index (χ0v) is 23.4. The third-order valence-electron chi connectivity index (χ3n) is 5.39. The number of aliphatic hydroxyl groups excluding tert-OH is 1. The quantitative estimate of drug-likeness (QED) is 0.0887. The zero-order chi connectivity index (χ0) is 26.8. The summed E-state index contributed by atoms with van der Waals surface area (Å²) in [7, 11) is 3.25. The minimum atomic E-state index is -0.216. The predicted molar refractivity (Wildman–Crippen MR) is 145 cm³/mol. The maximum absolute atomic E-state index is 10.8. The summed E-state index contributed by atoms with van der Waals surface area (Å²) in [6.07, 6.45) is 26.1. The molecule has 6 nitrogen and oxygen atoms in total. The molecule has 0 aliphatic heterocycles. The van der Waals surface area contributed by atoms with Crippen molar-refractivity contribution < 1.29 is 29.0 Å². The number of hydrogen-bond acceptors (Lipinski definition) is 6. The third kappa shape index (κ3) is 43.0. The van der Waals surface area contributed by atoms with Gasteiger partial charge < -0.3 is 24.2 Å². The molecule has 0 fully saturated rings. The summed E-state index contributed by atoms with van der Waals surface area (Å²) in [6.45, 7) is 3.67. The molecule has 0 aromatic carbocycles. The Morgan fingerprint density at radius 3 is 1.37 bits per heavy atom. The van der Waals surface area contributed by atoms with Gasteiger partial charge in [-0.1, -0.05) is 96.8 Å². The smallest absolute Gasteiger partial charge is 0.298 e. The number of aliphatic hydroxyl groups is 1. The van der Waals surface area contributed by atoms with Crippen molar-refractivity contribution >= 4 is 18.5 Å². The first-order chi connectivity index (χ1) is 17.0. The second-order valence-corrected chi connectivity index (χ2v) is 8.92. The number of allylic oxidation sites excluding steroid dienone is 1. The molecule has 208 valence electrons. The number of ketones is 1. The second-order valence-electron chi connectivity index (χ2n) is 8.92. The molecule has 0 aromatic heterocycles. The summed E-state index contributed by atoms with van der Waals surface area (Å²) >= 11 is 0. The van der Waals surface area contributed by atoms with E-state index in [1.54, 1.807) is 27.2 Å². The molecule has 0 radical (unpaired) electrons. The molecule has 0 bridgehead atoms. The van der Waals surface area contributed by atoms with Gasteiger partial charge in [-0.3, -0.25) is 4.79 Å². The minimum absolute atomic E-state index is 0.216. The van der Waals surface area contributed by atoms with Crippen LogP contribution in [-0.2, 0) is 23.9 Å². The molecule has 1 N–H and O–H groups in total. The number of carbonyl (C=O) groups is 3. The molecule has 0 amide bonds. The van der Waals surface area contributed by atoms with Gasteiger partial charge in [0.05, 0.1) is 0 Å². The van der Waals surface area contributed by atoms with Crippen LogP contribution >= 0.6 is 0 Å². The molecule has 0 saturated heterocycles. The summed E-state index contributed by atoms with van der Waals surface area (Å²) in [5.74, 6) is 0.649. The highest BCUT2D eigenvalue weighted by molar-refractivity contribution is 5.75. The summed E-state index contributed by atoms with van der Waals surface area (Å²) in [5, 5.41) is 8.44. The van der Waals surface area contributed by atoms with E-state index in [0.717, 1.165) is 38.4 Å². The Morgan fingerprint density at radius 2 is 1.09 bits per heavy atom. The van der Waals surface area contributed by atoms with Gasteiger partial charge >= 0.3 is 0 Å². The van der Waals surface area contributed by atoms with E-state index < -0.39 is 0 Å². The summed E-state index contributed by atoms with van der Waals surface area (Å²) < 4.78 is 8.61. The second kappa shape index (κ2) is 37.0. The van der Waals surface area contributed by atoms with Gasteiger partial charge in [-0.25, -0.2) is 0 Å². The first-order valence-electron chi connectivity index (χ1n) is 13.8. The highest BCUT2D eigenvalue weighted by Crippen LogP contribution is 2.14. The van der Waals surface area contributed by atoms with E-state index in [1.165, 1.54) is 89.9 Å². The number of carbonyl (C=O) groups excluding carboxylic acids is 3. The van der Waals surface area contributed by atoms with Crippen molar-refractivity contribution in [3.63, 3.8) is 0 Å². The average molecular weight is 501 g/mol. The third-order valence-corrected chi connectivity index (χ3v) is 5.39. The molecule has 0 heterocycles. The maximum atomic E-state index is 10.8. The SMILES string of the molecule is CC(=O)CCCCCCCCCCCCCCCCCCC=O.CC/C=C(\CO)OC=O.COC. The summed E-state index contributed by atoms with van der Waals surface area (Å²) in [4.78, 5) is 30.7. The molecular formula is C29H56O6. The van der Waals surface area contributed by atoms with E-state index in [4.69, 9.17) is 5.11 Å². The normalized spacial score (nSPS) is 10.5. The Balaban J connectivity index is -0.000000705. The molecule has 0 aromatic rings. The van der Waals surface area contributed by atoms with Gasteiger partial charge in [-0.2, -0.15) is 0 Å². The molecule has 0 rings (SSSR count). The van der Waals surface area contributed by atoms with Crippen molar-refractivity contribution in [2.75, 3.05) is 20.8 Å². The Labute approximate surface area is 216 Å². The average Bonchev–Trinajstić information content (AvgIpc) is 2.84. The van der Waals surface area contributed by atoms with Gasteiger partial charge in [-0.05, 0) is 32.3 Å². The summed E-state index contributed by atoms with van der Waals surface area (Å²) in [5.41, 5.74) is 0. The van der Waals surface area contributed by atoms with Crippen molar-refractivity contribution in [1.29, 1.82) is 0 Å². The van der Waals surface area contributed by atoms with Crippen LogP contribution in [0.25, 0.3) is 0 Å². The van der Waals surface area contributed by atoms with Gasteiger partial charge in [0.15, 0.2) is 0 Å². The fraction of sp³-hybridized carbons (Fsp3) is 0.828. The zero-order valence-electron chi connectivity index (χ0n) is 23.4. The molecule has 0 saturated carbocycles. The molecule has 35 heavy (non-hydrogen) atoms. The molecule has 0 unspecified atom stereocenters. The van der Waals surface area contributed by atoms with Crippen molar-refractivity contribution in [2.24, 2.45) is 0 Å². The van der Waals surface area contributed by atoms with Crippen LogP contribution in [-0.4, -0.2) is 44.5 Å². The Hall–Kier alpha value is -1.53. The van der Waals surface area contributed by atoms with Crippen molar-refractivity contribution in [3.8, 4) is 0 Å². The molecule has 6 heteroatoms. The van der Waals surface area contributed by atoms with E-state index in [1.807, 2.05) is 6.92 Å². The fourth-order valence-electron chi connectivity index (χ4n) is 3.52. The number of methoxy groups -OCH3 is 1. The minimum Gasteiger partial charge on any atom is -0.431 e. The molecule has 0 spiro atoms. The molecule has 0 atom stereocenters. The lowest BCUT2D eigenvalue weighted by atomic mass is 10.0. The van der Waals surface area contributed by atoms with Gasteiger partial charge in [0.1, 0.15) is 24.4 Å². The van der Waals surface area contributed by atoms with Crippen molar-refractivity contribution in [2.45, 2.75) is 136 Å². The highest BCUT2D eigenvalue weighted by atomic mass is 16.5. The van der Waals surface area contributed by atoms with E-state index in [-0.39, 0.29) is 6.61 Å². The lowest BCUT2D eigenvalue weighted by molar-refractivity contribution is -0.125. The summed E-state index contributed by atoms with van der Waals surface area (Å²) in [6, 6.07) is 0. The van der Waals surface area contributed by atoms with Crippen LogP contribution in [0.4, 0.5) is 0 Å². The van der Waals surface area contributed by atoms with Crippen molar-refractivity contribution in [1.82, 2.24) is 0 Å². The molecule has 0 aliphatic rings. The van der Waals surface area contributed by atoms with Gasteiger partial charge in [0, 0.05) is 27.1 Å². The number of hydrogen-bond donors (Lipinski definition) is 1. The van der Waals surface area contributed by atoms with Crippen LogP contribution in [0.1, 0.15) is 136 Å². The highest BCUT2D eigenvalue weighted by Gasteiger charge is 1.96. The number of ether oxygens (including phenoxy) is 2. The standard InChI is InChI=1S/C21H40O2.C6H10O3.C2H6O/c1-21(23)19-17-15-13-11-9-7-5-3-2-4-6-8-10-12-14-16-18-20-22;1-2-3-6(4-7)9-5-8;1-3-2/h20H,2-19H2,1H3;3,5,7H,2,4H2,1H3;1-2H3/b;6-3+;. The Morgan fingerprint density at radius 1 is 0.714 bits per heavy atom. The van der Waals surface area contributed by atoms with Crippen LogP contribution in [0.5, 0.6) is 0 Å². The lowest BCUT2D eigenvalue weighted by Crippen LogP contribution is -1.94. The van der Waals surface area contributed by atoms with Crippen molar-refractivity contribution in [3.05, 3.63) is 11.8 Å². The Bertz CT molecular complexity index is 462. The maximum Gasteiger partial charge on any atom is 0.298 e. The van der Waals surface area contributed by atoms with E-state index in [2.05, 4.69) is 9.47 Å². The van der Waals surface area contributed by atoms with Crippen LogP contribution in [0.15, 0.2) is 11.8 Å². The van der Waals surface area contributed by atoms with Crippen LogP contribution in [0.2, 0.25) is 0 Å². The van der Waals surface area contributed by atoms with E-state index in [9.17, 15) is 14.4 Å². The van der Waals surface area contributed by atoms with Gasteiger partial charge in [-0.15, -0.1) is 0 Å². The largest absolute Gasteiger partial charge is 0.431 e. The lowest BCUT2D eigenvalue weighted by Gasteiger charge is -2.03. The van der Waals surface area contributed by atoms with E-state index >= 15 is 0 Å². The van der Waals surface area contributed by atoms with Gasteiger partial charge in [0.25, 0.3) is 6.47 Å².